The van der Waals surface area contributed by atoms with Crippen molar-refractivity contribution in [3.05, 3.63) is 66.2 Å². The highest BCUT2D eigenvalue weighted by molar-refractivity contribution is 6.53. The van der Waals surface area contributed by atoms with E-state index in [1.54, 1.807) is 0 Å². The van der Waals surface area contributed by atoms with E-state index < -0.39 is 0 Å². The summed E-state index contributed by atoms with van der Waals surface area (Å²) >= 11 is 0. The number of hydrogen-bond donors (Lipinski definition) is 0. The van der Waals surface area contributed by atoms with E-state index in [1.165, 1.54) is 37.9 Å². The van der Waals surface area contributed by atoms with Gasteiger partial charge in [0.15, 0.2) is 0 Å². The van der Waals surface area contributed by atoms with E-state index >= 15 is 0 Å². The molecule has 0 aromatic heterocycles. The minimum absolute atomic E-state index is 0.0145. The third-order valence-electron chi connectivity index (χ3n) is 9.34. The van der Waals surface area contributed by atoms with Gasteiger partial charge in [0.25, 0.3) is 0 Å². The third kappa shape index (κ3) is 4.05. The molecule has 0 saturated carbocycles. The van der Waals surface area contributed by atoms with E-state index in [0.717, 1.165) is 11.9 Å². The molecule has 1 aliphatic rings. The SMILES string of the molecule is CC(C)(C)C(C)(C)O[B]c1cc2c3ccccc3c(C3CC(C)(C)C(C)(C)O3)cc2c2ccccc12. The van der Waals surface area contributed by atoms with Gasteiger partial charge in [-0.15, -0.1) is 0 Å². The zero-order valence-electron chi connectivity index (χ0n) is 23.5. The number of hydrogen-bond acceptors (Lipinski definition) is 2. The molecular weight excluding hydrogens is 439 g/mol. The molecule has 0 bridgehead atoms. The van der Waals surface area contributed by atoms with Gasteiger partial charge in [-0.05, 0) is 94.4 Å². The molecule has 1 atom stereocenters. The molecule has 0 aliphatic carbocycles. The maximum absolute atomic E-state index is 6.72. The van der Waals surface area contributed by atoms with E-state index in [0.29, 0.717) is 0 Å². The standard InChI is InChI=1S/C33H40BO2/c1-30(2,3)32(6,7)36-34-28-19-26-21-14-10-11-15-22(21)27(29-20-31(4,5)33(8,9)35-29)18-25(26)23-16-12-13-17-24(23)28/h10-19,29H,20H2,1-9H3. The van der Waals surface area contributed by atoms with E-state index in [4.69, 9.17) is 9.39 Å². The molecule has 4 aromatic rings. The van der Waals surface area contributed by atoms with Gasteiger partial charge in [-0.1, -0.05) is 89.2 Å². The molecule has 2 nitrogen and oxygen atoms in total. The van der Waals surface area contributed by atoms with Gasteiger partial charge in [0.2, 0.25) is 0 Å². The van der Waals surface area contributed by atoms with Crippen molar-refractivity contribution in [2.45, 2.75) is 86.0 Å². The molecule has 1 radical (unpaired) electrons. The first kappa shape index (κ1) is 25.3. The Kier molecular flexibility index (Phi) is 5.85. The number of ether oxygens (including phenoxy) is 1. The predicted molar refractivity (Wildman–Crippen MR) is 155 cm³/mol. The molecule has 1 heterocycles. The lowest BCUT2D eigenvalue weighted by Crippen LogP contribution is -2.42. The predicted octanol–water partition coefficient (Wildman–Crippen LogP) is 8.50. The summed E-state index contributed by atoms with van der Waals surface area (Å²) in [5.74, 6) is 0. The molecule has 0 N–H and O–H groups in total. The Balaban J connectivity index is 1.72. The Morgan fingerprint density at radius 1 is 0.750 bits per heavy atom. The van der Waals surface area contributed by atoms with Crippen molar-refractivity contribution in [3.63, 3.8) is 0 Å². The van der Waals surface area contributed by atoms with Crippen LogP contribution in [0.15, 0.2) is 60.7 Å². The molecule has 5 rings (SSSR count). The molecule has 4 aromatic carbocycles. The highest BCUT2D eigenvalue weighted by Gasteiger charge is 2.48. The summed E-state index contributed by atoms with van der Waals surface area (Å²) in [4.78, 5) is 0. The van der Waals surface area contributed by atoms with Crippen LogP contribution in [0.4, 0.5) is 0 Å². The summed E-state index contributed by atoms with van der Waals surface area (Å²) in [7, 11) is 1.97. The van der Waals surface area contributed by atoms with Crippen LogP contribution in [0, 0.1) is 10.8 Å². The number of benzene rings is 4. The maximum atomic E-state index is 6.72. The second-order valence-corrected chi connectivity index (χ2v) is 13.3. The second-order valence-electron chi connectivity index (χ2n) is 13.3. The molecule has 1 unspecified atom stereocenters. The van der Waals surface area contributed by atoms with Gasteiger partial charge in [0.05, 0.1) is 17.3 Å². The molecule has 187 valence electrons. The summed E-state index contributed by atoms with van der Waals surface area (Å²) in [5.41, 5.74) is 2.06. The minimum Gasteiger partial charge on any atom is -0.429 e. The van der Waals surface area contributed by atoms with Crippen LogP contribution in [0.25, 0.3) is 32.3 Å². The van der Waals surface area contributed by atoms with E-state index in [1.807, 2.05) is 7.48 Å². The molecule has 0 spiro atoms. The normalized spacial score (nSPS) is 19.9. The fourth-order valence-corrected chi connectivity index (χ4v) is 5.20. The molecular formula is C33H40BO2. The van der Waals surface area contributed by atoms with Gasteiger partial charge < -0.3 is 9.39 Å². The Labute approximate surface area is 217 Å². The van der Waals surface area contributed by atoms with Crippen molar-refractivity contribution in [1.82, 2.24) is 0 Å². The monoisotopic (exact) mass is 479 g/mol. The summed E-state index contributed by atoms with van der Waals surface area (Å²) in [5, 5.41) is 7.55. The van der Waals surface area contributed by atoms with Gasteiger partial charge in [-0.3, -0.25) is 0 Å². The van der Waals surface area contributed by atoms with Crippen molar-refractivity contribution in [2.75, 3.05) is 0 Å². The zero-order chi connectivity index (χ0) is 26.1. The number of fused-ring (bicyclic) bond motifs is 5. The van der Waals surface area contributed by atoms with Crippen LogP contribution < -0.4 is 5.46 Å². The van der Waals surface area contributed by atoms with Gasteiger partial charge in [0, 0.05) is 0 Å². The van der Waals surface area contributed by atoms with E-state index in [-0.39, 0.29) is 28.1 Å². The third-order valence-corrected chi connectivity index (χ3v) is 9.34. The Hall–Kier alpha value is -2.36. The lowest BCUT2D eigenvalue weighted by atomic mass is 9.74. The molecule has 1 saturated heterocycles. The topological polar surface area (TPSA) is 18.5 Å². The summed E-state index contributed by atoms with van der Waals surface area (Å²) in [6.45, 7) is 20.1. The molecule has 0 amide bonds. The van der Waals surface area contributed by atoms with Crippen LogP contribution in [0.1, 0.15) is 80.4 Å². The van der Waals surface area contributed by atoms with Crippen LogP contribution in [-0.2, 0) is 9.39 Å². The van der Waals surface area contributed by atoms with Gasteiger partial charge >= 0.3 is 7.48 Å². The van der Waals surface area contributed by atoms with Crippen LogP contribution in [0.5, 0.6) is 0 Å². The fraction of sp³-hybridized carbons (Fsp3) is 0.455. The fourth-order valence-electron chi connectivity index (χ4n) is 5.20. The van der Waals surface area contributed by atoms with E-state index in [9.17, 15) is 0 Å². The largest absolute Gasteiger partial charge is 0.429 e. The van der Waals surface area contributed by atoms with Crippen molar-refractivity contribution in [3.8, 4) is 0 Å². The highest BCUT2D eigenvalue weighted by atomic mass is 16.5. The second kappa shape index (κ2) is 8.33. The Morgan fingerprint density at radius 2 is 1.28 bits per heavy atom. The van der Waals surface area contributed by atoms with Crippen molar-refractivity contribution >= 4 is 45.3 Å². The molecule has 1 aliphatic heterocycles. The molecule has 3 heteroatoms. The summed E-state index contributed by atoms with van der Waals surface area (Å²) in [6.07, 6.45) is 1.08. The Morgan fingerprint density at radius 3 is 1.83 bits per heavy atom. The van der Waals surface area contributed by atoms with Crippen molar-refractivity contribution < 1.29 is 9.39 Å². The van der Waals surface area contributed by atoms with Crippen LogP contribution in [0.2, 0.25) is 0 Å². The van der Waals surface area contributed by atoms with Gasteiger partial charge in [-0.2, -0.15) is 0 Å². The van der Waals surface area contributed by atoms with Crippen LogP contribution in [-0.4, -0.2) is 18.7 Å². The average molecular weight is 479 g/mol. The average Bonchev–Trinajstić information content (AvgIpc) is 3.02. The molecule has 1 fully saturated rings. The first-order valence-electron chi connectivity index (χ1n) is 13.3. The maximum Gasteiger partial charge on any atom is 0.331 e. The smallest absolute Gasteiger partial charge is 0.331 e. The lowest BCUT2D eigenvalue weighted by molar-refractivity contribution is -0.0518. The summed E-state index contributed by atoms with van der Waals surface area (Å²) < 4.78 is 13.2. The van der Waals surface area contributed by atoms with Gasteiger partial charge in [-0.25, -0.2) is 0 Å². The van der Waals surface area contributed by atoms with Crippen molar-refractivity contribution in [1.29, 1.82) is 0 Å². The Bertz CT molecular complexity index is 1440. The first-order valence-corrected chi connectivity index (χ1v) is 13.3. The van der Waals surface area contributed by atoms with E-state index in [2.05, 4.69) is 123 Å². The minimum atomic E-state index is -0.297. The quantitative estimate of drug-likeness (QED) is 0.216. The van der Waals surface area contributed by atoms with Crippen molar-refractivity contribution in [2.24, 2.45) is 10.8 Å². The number of rotatable bonds is 4. The first-order chi connectivity index (χ1) is 16.7. The molecule has 36 heavy (non-hydrogen) atoms. The lowest BCUT2D eigenvalue weighted by Gasteiger charge is -2.39. The van der Waals surface area contributed by atoms with Gasteiger partial charge in [0.1, 0.15) is 0 Å². The highest BCUT2D eigenvalue weighted by Crippen LogP contribution is 2.53. The van der Waals surface area contributed by atoms with Crippen LogP contribution >= 0.6 is 0 Å². The zero-order valence-corrected chi connectivity index (χ0v) is 23.5. The van der Waals surface area contributed by atoms with Crippen LogP contribution in [0.3, 0.4) is 0 Å². The summed E-state index contributed by atoms with van der Waals surface area (Å²) in [6, 6.07) is 22.2.